The lowest BCUT2D eigenvalue weighted by atomic mass is 10.1. The lowest BCUT2D eigenvalue weighted by Gasteiger charge is -2.38. The summed E-state index contributed by atoms with van der Waals surface area (Å²) in [4.78, 5) is 21.4. The summed E-state index contributed by atoms with van der Waals surface area (Å²) in [6.45, 7) is 7.47. The van der Waals surface area contributed by atoms with Gasteiger partial charge in [0, 0.05) is 50.2 Å². The molecular weight excluding hydrogens is 378 g/mol. The van der Waals surface area contributed by atoms with Crippen LogP contribution in [0.4, 0.5) is 0 Å². The van der Waals surface area contributed by atoms with Crippen molar-refractivity contribution in [2.45, 2.75) is 19.9 Å². The Hall–Kier alpha value is -2.31. The summed E-state index contributed by atoms with van der Waals surface area (Å²) >= 11 is 6.32. The third-order valence-corrected chi connectivity index (χ3v) is 5.36. The van der Waals surface area contributed by atoms with Crippen molar-refractivity contribution >= 4 is 17.5 Å². The molecule has 7 heteroatoms. The number of amides is 1. The molecule has 1 amide bonds. The molecule has 150 valence electrons. The minimum Gasteiger partial charge on any atom is -0.493 e. The number of hydrogen-bond acceptors (Lipinski definition) is 5. The largest absolute Gasteiger partial charge is 0.493 e. The van der Waals surface area contributed by atoms with E-state index in [0.717, 1.165) is 13.1 Å². The molecule has 0 saturated carbocycles. The van der Waals surface area contributed by atoms with Gasteiger partial charge in [0.05, 0.1) is 18.7 Å². The fourth-order valence-corrected chi connectivity index (χ4v) is 3.72. The second-order valence-corrected chi connectivity index (χ2v) is 7.12. The van der Waals surface area contributed by atoms with Crippen LogP contribution in [0.1, 0.15) is 35.8 Å². The number of carbonyl (C=O) groups excluding carboxylic acids is 1. The van der Waals surface area contributed by atoms with Crippen molar-refractivity contribution in [3.05, 3.63) is 52.8 Å². The van der Waals surface area contributed by atoms with Gasteiger partial charge in [0.15, 0.2) is 11.5 Å². The van der Waals surface area contributed by atoms with E-state index < -0.39 is 0 Å². The number of piperazine rings is 1. The van der Waals surface area contributed by atoms with E-state index in [-0.39, 0.29) is 11.9 Å². The Kier molecular flexibility index (Phi) is 6.75. The van der Waals surface area contributed by atoms with Gasteiger partial charge in [-0.1, -0.05) is 17.7 Å². The van der Waals surface area contributed by atoms with Crippen LogP contribution >= 0.6 is 11.6 Å². The van der Waals surface area contributed by atoms with Crippen LogP contribution in [0.2, 0.25) is 5.02 Å². The maximum atomic E-state index is 13.0. The van der Waals surface area contributed by atoms with Crippen molar-refractivity contribution in [3.63, 3.8) is 0 Å². The van der Waals surface area contributed by atoms with Gasteiger partial charge in [0.2, 0.25) is 0 Å². The summed E-state index contributed by atoms with van der Waals surface area (Å²) in [6.07, 6.45) is 3.68. The zero-order chi connectivity index (χ0) is 20.1. The zero-order valence-corrected chi connectivity index (χ0v) is 17.3. The van der Waals surface area contributed by atoms with Crippen molar-refractivity contribution in [1.29, 1.82) is 0 Å². The third kappa shape index (κ3) is 4.39. The van der Waals surface area contributed by atoms with Gasteiger partial charge in [-0.05, 0) is 37.6 Å². The molecule has 1 atom stereocenters. The average Bonchev–Trinajstić information content (AvgIpc) is 2.74. The number of ether oxygens (including phenoxy) is 2. The SMILES string of the molecule is CCOc1c(Cl)cc(C(=O)N2CCN(C(C)c3cccnc3)CC2)cc1OC. The summed E-state index contributed by atoms with van der Waals surface area (Å²) in [5, 5.41) is 0.383. The van der Waals surface area contributed by atoms with Crippen LogP contribution in [0.5, 0.6) is 11.5 Å². The molecule has 0 radical (unpaired) electrons. The molecule has 1 unspecified atom stereocenters. The average molecular weight is 404 g/mol. The first-order chi connectivity index (χ1) is 13.5. The van der Waals surface area contributed by atoms with E-state index in [0.29, 0.717) is 41.8 Å². The van der Waals surface area contributed by atoms with Gasteiger partial charge >= 0.3 is 0 Å². The number of aromatic nitrogens is 1. The van der Waals surface area contributed by atoms with Crippen molar-refractivity contribution in [2.24, 2.45) is 0 Å². The summed E-state index contributed by atoms with van der Waals surface area (Å²) in [7, 11) is 1.54. The van der Waals surface area contributed by atoms with E-state index in [2.05, 4.69) is 22.9 Å². The lowest BCUT2D eigenvalue weighted by molar-refractivity contribution is 0.0581. The lowest BCUT2D eigenvalue weighted by Crippen LogP contribution is -2.49. The summed E-state index contributed by atoms with van der Waals surface area (Å²) in [5.41, 5.74) is 1.70. The minimum absolute atomic E-state index is 0.0445. The summed E-state index contributed by atoms with van der Waals surface area (Å²) < 4.78 is 10.9. The zero-order valence-electron chi connectivity index (χ0n) is 16.5. The van der Waals surface area contributed by atoms with Crippen LogP contribution < -0.4 is 9.47 Å². The van der Waals surface area contributed by atoms with Crippen LogP contribution in [0.25, 0.3) is 0 Å². The van der Waals surface area contributed by atoms with Crippen LogP contribution in [0, 0.1) is 0 Å². The number of rotatable bonds is 6. The molecular formula is C21H26ClN3O3. The Morgan fingerprint density at radius 3 is 2.64 bits per heavy atom. The molecule has 0 aliphatic carbocycles. The van der Waals surface area contributed by atoms with Gasteiger partial charge in [-0.15, -0.1) is 0 Å². The maximum absolute atomic E-state index is 13.0. The highest BCUT2D eigenvalue weighted by molar-refractivity contribution is 6.32. The van der Waals surface area contributed by atoms with Crippen molar-refractivity contribution in [2.75, 3.05) is 39.9 Å². The fourth-order valence-electron chi connectivity index (χ4n) is 3.46. The molecule has 1 aliphatic rings. The Balaban J connectivity index is 1.67. The van der Waals surface area contributed by atoms with E-state index in [9.17, 15) is 4.79 Å². The molecule has 1 aliphatic heterocycles. The molecule has 6 nitrogen and oxygen atoms in total. The molecule has 3 rings (SSSR count). The van der Waals surface area contributed by atoms with Crippen LogP contribution in [0.15, 0.2) is 36.7 Å². The van der Waals surface area contributed by atoms with Crippen LogP contribution in [-0.2, 0) is 0 Å². The van der Waals surface area contributed by atoms with Gasteiger partial charge < -0.3 is 14.4 Å². The predicted octanol–water partition coefficient (Wildman–Crippen LogP) is 3.66. The van der Waals surface area contributed by atoms with Crippen LogP contribution in [-0.4, -0.2) is 60.6 Å². The normalized spacial score (nSPS) is 15.9. The number of carbonyl (C=O) groups is 1. The van der Waals surface area contributed by atoms with Gasteiger partial charge in [-0.25, -0.2) is 0 Å². The molecule has 1 saturated heterocycles. The topological polar surface area (TPSA) is 54.9 Å². The molecule has 1 fully saturated rings. The predicted molar refractivity (Wildman–Crippen MR) is 109 cm³/mol. The van der Waals surface area contributed by atoms with E-state index in [1.54, 1.807) is 25.4 Å². The number of hydrogen-bond donors (Lipinski definition) is 0. The highest BCUT2D eigenvalue weighted by Gasteiger charge is 2.26. The Morgan fingerprint density at radius 2 is 2.04 bits per heavy atom. The molecule has 2 aromatic rings. The molecule has 1 aromatic heterocycles. The number of benzene rings is 1. The number of nitrogens with zero attached hydrogens (tertiary/aromatic N) is 3. The van der Waals surface area contributed by atoms with Gasteiger partial charge in [0.25, 0.3) is 5.91 Å². The first-order valence-electron chi connectivity index (χ1n) is 9.48. The number of pyridine rings is 1. The monoisotopic (exact) mass is 403 g/mol. The van der Waals surface area contributed by atoms with Gasteiger partial charge in [-0.3, -0.25) is 14.7 Å². The van der Waals surface area contributed by atoms with E-state index in [1.807, 2.05) is 24.1 Å². The van der Waals surface area contributed by atoms with E-state index in [4.69, 9.17) is 21.1 Å². The minimum atomic E-state index is -0.0445. The highest BCUT2D eigenvalue weighted by Crippen LogP contribution is 2.36. The Morgan fingerprint density at radius 1 is 1.29 bits per heavy atom. The molecule has 28 heavy (non-hydrogen) atoms. The Labute approximate surface area is 171 Å². The Bertz CT molecular complexity index is 808. The van der Waals surface area contributed by atoms with Crippen molar-refractivity contribution < 1.29 is 14.3 Å². The summed E-state index contributed by atoms with van der Waals surface area (Å²) in [6, 6.07) is 7.66. The number of methoxy groups -OCH3 is 1. The maximum Gasteiger partial charge on any atom is 0.254 e. The van der Waals surface area contributed by atoms with E-state index >= 15 is 0 Å². The highest BCUT2D eigenvalue weighted by atomic mass is 35.5. The smallest absolute Gasteiger partial charge is 0.254 e. The van der Waals surface area contributed by atoms with Crippen molar-refractivity contribution in [3.8, 4) is 11.5 Å². The van der Waals surface area contributed by atoms with Crippen molar-refractivity contribution in [1.82, 2.24) is 14.8 Å². The second-order valence-electron chi connectivity index (χ2n) is 6.71. The van der Waals surface area contributed by atoms with E-state index in [1.165, 1.54) is 5.56 Å². The quantitative estimate of drug-likeness (QED) is 0.736. The van der Waals surface area contributed by atoms with Crippen LogP contribution in [0.3, 0.4) is 0 Å². The molecule has 1 aromatic carbocycles. The third-order valence-electron chi connectivity index (χ3n) is 5.08. The fraction of sp³-hybridized carbons (Fsp3) is 0.429. The first kappa shape index (κ1) is 20.4. The molecule has 0 bridgehead atoms. The number of halogens is 1. The molecule has 2 heterocycles. The van der Waals surface area contributed by atoms with Gasteiger partial charge in [0.1, 0.15) is 0 Å². The summed E-state index contributed by atoms with van der Waals surface area (Å²) in [5.74, 6) is 0.900. The molecule has 0 N–H and O–H groups in total. The second kappa shape index (κ2) is 9.26. The van der Waals surface area contributed by atoms with Gasteiger partial charge in [-0.2, -0.15) is 0 Å². The standard InChI is InChI=1S/C21H26ClN3O3/c1-4-28-20-18(22)12-17(13-19(20)27-3)21(26)25-10-8-24(9-11-25)15(2)16-6-5-7-23-14-16/h5-7,12-15H,4,8-11H2,1-3H3. The first-order valence-corrected chi connectivity index (χ1v) is 9.86. The molecule has 0 spiro atoms.